The number of halogens is 1. The molecule has 2 aliphatic heterocycles. The van der Waals surface area contributed by atoms with Gasteiger partial charge in [-0.15, -0.1) is 0 Å². The van der Waals surface area contributed by atoms with Crippen molar-refractivity contribution in [1.82, 2.24) is 24.8 Å². The van der Waals surface area contributed by atoms with E-state index in [0.717, 1.165) is 52.1 Å². The number of imidazole rings is 1. The van der Waals surface area contributed by atoms with Gasteiger partial charge in [0, 0.05) is 45.6 Å². The molecule has 0 bridgehead atoms. The summed E-state index contributed by atoms with van der Waals surface area (Å²) >= 11 is 6.41. The van der Waals surface area contributed by atoms with Crippen molar-refractivity contribution in [2.24, 2.45) is 0 Å². The number of anilines is 3. The predicted octanol–water partition coefficient (Wildman–Crippen LogP) is 6.93. The number of benzene rings is 2. The second-order valence-electron chi connectivity index (χ2n) is 13.9. The lowest BCUT2D eigenvalue weighted by molar-refractivity contribution is -0.123. The summed E-state index contributed by atoms with van der Waals surface area (Å²) in [6.45, 7) is 10.7. The van der Waals surface area contributed by atoms with Gasteiger partial charge in [0.2, 0.25) is 5.91 Å². The number of hydrogen-bond acceptors (Lipinski definition) is 7. The van der Waals surface area contributed by atoms with Crippen LogP contribution in [0, 0.1) is 0 Å². The van der Waals surface area contributed by atoms with Gasteiger partial charge in [-0.2, -0.15) is 0 Å². The maximum Gasteiger partial charge on any atom is 0.237 e. The number of aliphatic hydroxyl groups excluding tert-OH is 1. The number of rotatable bonds is 8. The zero-order valence-corrected chi connectivity index (χ0v) is 28.1. The van der Waals surface area contributed by atoms with Crippen LogP contribution < -0.4 is 15.5 Å². The molecule has 2 fully saturated rings. The van der Waals surface area contributed by atoms with Gasteiger partial charge in [-0.1, -0.05) is 30.2 Å². The van der Waals surface area contributed by atoms with E-state index in [9.17, 15) is 9.90 Å². The van der Waals surface area contributed by atoms with Gasteiger partial charge in [-0.05, 0) is 109 Å². The molecule has 4 aromatic rings. The molecule has 2 aromatic heterocycles. The fourth-order valence-electron chi connectivity index (χ4n) is 7.47. The van der Waals surface area contributed by atoms with Crippen molar-refractivity contribution in [3.8, 4) is 11.3 Å². The molecule has 1 atom stereocenters. The predicted molar refractivity (Wildman–Crippen MR) is 185 cm³/mol. The Hall–Kier alpha value is -3.50. The molecule has 9 nitrogen and oxygen atoms in total. The Balaban J connectivity index is 1.26. The Bertz CT molecular complexity index is 1790. The van der Waals surface area contributed by atoms with Crippen molar-refractivity contribution in [3.63, 3.8) is 0 Å². The van der Waals surface area contributed by atoms with E-state index < -0.39 is 11.6 Å². The zero-order valence-electron chi connectivity index (χ0n) is 27.3. The Morgan fingerprint density at radius 2 is 1.78 bits per heavy atom. The van der Waals surface area contributed by atoms with Crippen LogP contribution in [-0.2, 0) is 10.2 Å². The quantitative estimate of drug-likeness (QED) is 0.180. The standard InChI is InChI=1S/C36H44ClN7O2/c1-21(2)43-20-39-30-19-29(41-33(32(30)43)40-23-10-12-28(37)26(16-23)34(45)38-5)22-9-11-27-31(15-22)44(35(46)36(27,3)4)25-17-24(18-25)42-13-7-6-8-14-42/h9-12,15-16,19-21,24-25,34,38,45H,6-8,13-14,17-18H2,1-5H3,(H,40,41). The molecule has 1 unspecified atom stereocenters. The number of aliphatic hydroxyl groups is 1. The summed E-state index contributed by atoms with van der Waals surface area (Å²) in [6.07, 6.45) is 6.90. The first-order valence-electron chi connectivity index (χ1n) is 16.6. The van der Waals surface area contributed by atoms with E-state index >= 15 is 0 Å². The molecule has 1 saturated carbocycles. The number of fused-ring (bicyclic) bond motifs is 2. The monoisotopic (exact) mass is 641 g/mol. The Morgan fingerprint density at radius 3 is 2.50 bits per heavy atom. The van der Waals surface area contributed by atoms with Gasteiger partial charge in [-0.3, -0.25) is 10.1 Å². The van der Waals surface area contributed by atoms with Crippen LogP contribution in [0.1, 0.15) is 83.2 Å². The molecule has 242 valence electrons. The van der Waals surface area contributed by atoms with E-state index in [1.54, 1.807) is 13.1 Å². The number of carbonyl (C=O) groups excluding carboxylic acids is 1. The molecule has 0 spiro atoms. The highest BCUT2D eigenvalue weighted by Crippen LogP contribution is 2.48. The van der Waals surface area contributed by atoms with E-state index in [1.807, 2.05) is 38.4 Å². The molecule has 2 aromatic carbocycles. The van der Waals surface area contributed by atoms with E-state index in [2.05, 4.69) is 57.0 Å². The molecule has 1 amide bonds. The topological polar surface area (TPSA) is 98.6 Å². The molecule has 7 rings (SSSR count). The minimum atomic E-state index is -0.901. The molecule has 0 radical (unpaired) electrons. The number of pyridine rings is 1. The van der Waals surface area contributed by atoms with E-state index in [1.165, 1.54) is 32.4 Å². The number of nitrogens with one attached hydrogen (secondary N) is 2. The SMILES string of the molecule is CNC(O)c1cc(Nc2nc(-c3ccc4c(c3)N(C3CC(N5CCCCC5)C3)C(=O)C4(C)C)cc3ncn(C(C)C)c23)ccc1Cl. The third-order valence-corrected chi connectivity index (χ3v) is 10.6. The lowest BCUT2D eigenvalue weighted by atomic mass is 9.82. The van der Waals surface area contributed by atoms with E-state index in [0.29, 0.717) is 22.4 Å². The summed E-state index contributed by atoms with van der Waals surface area (Å²) in [5.41, 5.74) is 6.24. The summed E-state index contributed by atoms with van der Waals surface area (Å²) < 4.78 is 2.11. The maximum absolute atomic E-state index is 13.9. The number of carbonyl (C=O) groups is 1. The zero-order chi connectivity index (χ0) is 32.3. The highest BCUT2D eigenvalue weighted by molar-refractivity contribution is 6.31. The minimum absolute atomic E-state index is 0.170. The molecule has 10 heteroatoms. The summed E-state index contributed by atoms with van der Waals surface area (Å²) in [4.78, 5) is 28.6. The van der Waals surface area contributed by atoms with Crippen molar-refractivity contribution in [2.45, 2.75) is 89.6 Å². The van der Waals surface area contributed by atoms with Crippen molar-refractivity contribution in [2.75, 3.05) is 30.4 Å². The van der Waals surface area contributed by atoms with Crippen molar-refractivity contribution < 1.29 is 9.90 Å². The number of aromatic nitrogens is 3. The Kier molecular flexibility index (Phi) is 8.08. The van der Waals surface area contributed by atoms with Crippen LogP contribution in [0.2, 0.25) is 5.02 Å². The number of piperidine rings is 1. The van der Waals surface area contributed by atoms with Crippen LogP contribution in [0.3, 0.4) is 0 Å². The van der Waals surface area contributed by atoms with Gasteiger partial charge in [0.15, 0.2) is 5.82 Å². The third kappa shape index (κ3) is 5.27. The van der Waals surface area contributed by atoms with Gasteiger partial charge in [0.1, 0.15) is 11.7 Å². The molecule has 4 heterocycles. The first-order chi connectivity index (χ1) is 22.1. The molecular weight excluding hydrogens is 598 g/mol. The van der Waals surface area contributed by atoms with Crippen LogP contribution in [0.15, 0.2) is 48.8 Å². The number of likely N-dealkylation sites (tertiary alicyclic amines) is 1. The maximum atomic E-state index is 13.9. The second-order valence-corrected chi connectivity index (χ2v) is 14.3. The van der Waals surface area contributed by atoms with Crippen molar-refractivity contribution in [3.05, 3.63) is 64.9 Å². The lowest BCUT2D eigenvalue weighted by Gasteiger charge is -2.48. The van der Waals surface area contributed by atoms with Crippen LogP contribution in [0.25, 0.3) is 22.3 Å². The second kappa shape index (κ2) is 11.9. The van der Waals surface area contributed by atoms with Crippen LogP contribution >= 0.6 is 11.6 Å². The molecule has 46 heavy (non-hydrogen) atoms. The highest BCUT2D eigenvalue weighted by atomic mass is 35.5. The first-order valence-corrected chi connectivity index (χ1v) is 17.0. The average molecular weight is 642 g/mol. The summed E-state index contributed by atoms with van der Waals surface area (Å²) in [7, 11) is 1.68. The van der Waals surface area contributed by atoms with Gasteiger partial charge >= 0.3 is 0 Å². The molecule has 3 aliphatic rings. The van der Waals surface area contributed by atoms with Crippen LogP contribution in [0.4, 0.5) is 17.2 Å². The fourth-order valence-corrected chi connectivity index (χ4v) is 7.69. The number of amides is 1. The smallest absolute Gasteiger partial charge is 0.237 e. The van der Waals surface area contributed by atoms with E-state index in [4.69, 9.17) is 21.6 Å². The third-order valence-electron chi connectivity index (χ3n) is 10.3. The van der Waals surface area contributed by atoms with Crippen molar-refractivity contribution in [1.29, 1.82) is 0 Å². The molecular formula is C36H44ClN7O2. The molecule has 3 N–H and O–H groups in total. The van der Waals surface area contributed by atoms with Gasteiger partial charge in [0.05, 0.1) is 23.0 Å². The number of nitrogens with zero attached hydrogens (tertiary/aromatic N) is 5. The van der Waals surface area contributed by atoms with Crippen LogP contribution in [-0.4, -0.2) is 62.7 Å². The lowest BCUT2D eigenvalue weighted by Crippen LogP contribution is -2.57. The van der Waals surface area contributed by atoms with Gasteiger partial charge < -0.3 is 24.8 Å². The Labute approximate surface area is 276 Å². The fraction of sp³-hybridized carbons (Fsp3) is 0.472. The summed E-state index contributed by atoms with van der Waals surface area (Å²) in [5, 5.41) is 17.3. The van der Waals surface area contributed by atoms with Crippen LogP contribution in [0.5, 0.6) is 0 Å². The summed E-state index contributed by atoms with van der Waals surface area (Å²) in [5.74, 6) is 0.841. The minimum Gasteiger partial charge on any atom is -0.374 e. The Morgan fingerprint density at radius 1 is 1.02 bits per heavy atom. The molecule has 1 saturated heterocycles. The van der Waals surface area contributed by atoms with Gasteiger partial charge in [-0.25, -0.2) is 9.97 Å². The summed E-state index contributed by atoms with van der Waals surface area (Å²) in [6, 6.07) is 14.8. The average Bonchev–Trinajstić information content (AvgIpc) is 3.55. The van der Waals surface area contributed by atoms with Gasteiger partial charge in [0.25, 0.3) is 0 Å². The normalized spacial score (nSPS) is 21.9. The highest BCUT2D eigenvalue weighted by Gasteiger charge is 2.50. The molecule has 1 aliphatic carbocycles. The number of hydrogen-bond donors (Lipinski definition) is 3. The van der Waals surface area contributed by atoms with E-state index in [-0.39, 0.29) is 18.0 Å². The van der Waals surface area contributed by atoms with Crippen molar-refractivity contribution >= 4 is 45.7 Å². The largest absolute Gasteiger partial charge is 0.374 e. The first kappa shape index (κ1) is 31.1.